The number of hydrogen-bond donors (Lipinski definition) is 12. The molecule has 258 valence electrons. The first-order valence-electron chi connectivity index (χ1n) is 14.7. The molecule has 0 radical (unpaired) electrons. The van der Waals surface area contributed by atoms with Crippen molar-refractivity contribution in [3.05, 3.63) is 82.4 Å². The number of hydrogen-bond acceptors (Lipinski definition) is 15. The van der Waals surface area contributed by atoms with Crippen molar-refractivity contribution in [3.8, 4) is 57.5 Å². The minimum absolute atomic E-state index is 0.119. The molecule has 2 aliphatic rings. The van der Waals surface area contributed by atoms with Crippen molar-refractivity contribution in [2.24, 2.45) is 5.73 Å². The van der Waals surface area contributed by atoms with Crippen molar-refractivity contribution in [2.75, 3.05) is 5.75 Å². The van der Waals surface area contributed by atoms with E-state index >= 15 is 0 Å². The standard InChI is InChI=1S/C33H31NO14S/c34-14(33(45)46)10-49-32-25-21(42)9-20(41)24(31(25)48-30(28(32)44)12-2-4-16(37)18(39)6-12)26-23-19(40)7-13(35)8-22(23)47-29(27(26)43)11-1-3-15(36)17(38)5-11/h1-9,14,26-30,32,35-44H,10,34H2,(H,45,46)/t14-,26+,27?,28?,29+,30?,32-/m0/s1. The van der Waals surface area contributed by atoms with Crippen LogP contribution in [0.5, 0.6) is 57.5 Å². The zero-order valence-corrected chi connectivity index (χ0v) is 25.9. The number of ether oxygens (including phenoxy) is 2. The summed E-state index contributed by atoms with van der Waals surface area (Å²) in [5, 5.41) is 116. The second kappa shape index (κ2) is 12.6. The van der Waals surface area contributed by atoms with Crippen LogP contribution in [0.4, 0.5) is 0 Å². The van der Waals surface area contributed by atoms with E-state index in [4.69, 9.17) is 15.2 Å². The Balaban J connectivity index is 1.59. The summed E-state index contributed by atoms with van der Waals surface area (Å²) < 4.78 is 12.3. The van der Waals surface area contributed by atoms with Gasteiger partial charge >= 0.3 is 5.97 Å². The molecule has 0 saturated carbocycles. The molecule has 2 aliphatic heterocycles. The van der Waals surface area contributed by atoms with E-state index in [2.05, 4.69) is 0 Å². The van der Waals surface area contributed by atoms with Crippen molar-refractivity contribution in [3.63, 3.8) is 0 Å². The predicted octanol–water partition coefficient (Wildman–Crippen LogP) is 2.64. The van der Waals surface area contributed by atoms with Crippen LogP contribution in [-0.2, 0) is 4.79 Å². The summed E-state index contributed by atoms with van der Waals surface area (Å²) in [7, 11) is 0. The van der Waals surface area contributed by atoms with Crippen LogP contribution in [-0.4, -0.2) is 86.1 Å². The highest BCUT2D eigenvalue weighted by atomic mass is 32.2. The van der Waals surface area contributed by atoms with Crippen molar-refractivity contribution in [1.82, 2.24) is 0 Å². The highest BCUT2D eigenvalue weighted by Crippen LogP contribution is 2.60. The molecule has 0 saturated heterocycles. The SMILES string of the molecule is N[C@@H](CS[C@H]1c2c(O)cc(O)c([C@H]3c4c(O)cc(O)cc4O[C@H](c4ccc(O)c(O)c4)C3O)c2OC(c2ccc(O)c(O)c2)C1O)C(=O)O. The molecule has 6 rings (SSSR count). The number of aliphatic carboxylic acids is 1. The number of rotatable bonds is 7. The third kappa shape index (κ3) is 5.84. The molecule has 4 aromatic carbocycles. The summed E-state index contributed by atoms with van der Waals surface area (Å²) in [5.41, 5.74) is 5.53. The molecule has 49 heavy (non-hydrogen) atoms. The Bertz CT molecular complexity index is 1950. The Morgan fingerprint density at radius 3 is 1.80 bits per heavy atom. The Morgan fingerprint density at radius 2 is 1.22 bits per heavy atom. The van der Waals surface area contributed by atoms with Gasteiger partial charge in [0.15, 0.2) is 35.2 Å². The number of phenolic OH excluding ortho intramolecular Hbond substituents is 8. The molecule has 15 nitrogen and oxygen atoms in total. The summed E-state index contributed by atoms with van der Waals surface area (Å²) in [5.74, 6) is -7.80. The van der Waals surface area contributed by atoms with E-state index in [0.717, 1.165) is 54.2 Å². The molecule has 0 amide bonds. The second-order valence-corrected chi connectivity index (χ2v) is 12.9. The summed E-state index contributed by atoms with van der Waals surface area (Å²) in [4.78, 5) is 11.6. The zero-order chi connectivity index (χ0) is 35.5. The van der Waals surface area contributed by atoms with Crippen LogP contribution in [0, 0.1) is 0 Å². The maximum atomic E-state index is 12.0. The number of benzene rings is 4. The molecule has 2 heterocycles. The first kappa shape index (κ1) is 33.5. The van der Waals surface area contributed by atoms with Crippen LogP contribution in [0.15, 0.2) is 54.6 Å². The number of phenols is 8. The predicted molar refractivity (Wildman–Crippen MR) is 170 cm³/mol. The van der Waals surface area contributed by atoms with Gasteiger partial charge in [0.05, 0.1) is 16.7 Å². The van der Waals surface area contributed by atoms with E-state index in [1.54, 1.807) is 0 Å². The van der Waals surface area contributed by atoms with Gasteiger partial charge in [-0.25, -0.2) is 0 Å². The zero-order valence-electron chi connectivity index (χ0n) is 25.1. The number of carbonyl (C=O) groups is 1. The van der Waals surface area contributed by atoms with Crippen molar-refractivity contribution in [1.29, 1.82) is 0 Å². The number of aromatic hydroxyl groups is 8. The average Bonchev–Trinajstić information content (AvgIpc) is 3.03. The third-order valence-corrected chi connectivity index (χ3v) is 9.95. The van der Waals surface area contributed by atoms with E-state index in [1.165, 1.54) is 12.1 Å². The molecular formula is C33H31NO14S. The van der Waals surface area contributed by atoms with E-state index in [0.29, 0.717) is 0 Å². The summed E-state index contributed by atoms with van der Waals surface area (Å²) in [6, 6.07) is 8.84. The molecule has 13 N–H and O–H groups in total. The van der Waals surface area contributed by atoms with E-state index in [1.807, 2.05) is 0 Å². The van der Waals surface area contributed by atoms with Gasteiger partial charge in [0, 0.05) is 35.1 Å². The molecule has 0 aliphatic carbocycles. The summed E-state index contributed by atoms with van der Waals surface area (Å²) in [6.07, 6.45) is -6.04. The fourth-order valence-corrected chi connectivity index (χ4v) is 7.48. The first-order valence-corrected chi connectivity index (χ1v) is 15.7. The van der Waals surface area contributed by atoms with Gasteiger partial charge in [-0.15, -0.1) is 11.8 Å². The number of carboxylic acids is 1. The maximum absolute atomic E-state index is 12.0. The highest BCUT2D eigenvalue weighted by molar-refractivity contribution is 7.99. The number of aliphatic hydroxyl groups is 2. The van der Waals surface area contributed by atoms with Crippen LogP contribution in [0.3, 0.4) is 0 Å². The molecule has 0 fully saturated rings. The van der Waals surface area contributed by atoms with Crippen molar-refractivity contribution >= 4 is 17.7 Å². The molecule has 16 heteroatoms. The van der Waals surface area contributed by atoms with E-state index in [-0.39, 0.29) is 45.1 Å². The van der Waals surface area contributed by atoms with Crippen molar-refractivity contribution < 1.29 is 70.4 Å². The Kier molecular flexibility index (Phi) is 8.58. The molecular weight excluding hydrogens is 666 g/mol. The minimum atomic E-state index is -1.72. The number of aliphatic hydroxyl groups excluding tert-OH is 2. The Hall–Kier alpha value is -5.42. The van der Waals surface area contributed by atoms with Crippen LogP contribution < -0.4 is 15.2 Å². The molecule has 0 spiro atoms. The lowest BCUT2D eigenvalue weighted by Gasteiger charge is -2.42. The lowest BCUT2D eigenvalue weighted by Crippen LogP contribution is -2.38. The van der Waals surface area contributed by atoms with Gasteiger partial charge in [0.1, 0.15) is 52.7 Å². The number of thioether (sulfide) groups is 1. The van der Waals surface area contributed by atoms with Crippen LogP contribution in [0.1, 0.15) is 51.2 Å². The summed E-state index contributed by atoms with van der Waals surface area (Å²) in [6.45, 7) is 0. The molecule has 7 atom stereocenters. The van der Waals surface area contributed by atoms with Gasteiger partial charge in [0.25, 0.3) is 0 Å². The van der Waals surface area contributed by atoms with Crippen LogP contribution >= 0.6 is 11.8 Å². The normalized spacial score (nSPS) is 23.4. The minimum Gasteiger partial charge on any atom is -0.508 e. The Morgan fingerprint density at radius 1 is 0.673 bits per heavy atom. The Labute approximate surface area is 280 Å². The molecule has 0 bridgehead atoms. The molecule has 0 aromatic heterocycles. The van der Waals surface area contributed by atoms with E-state index < -0.39 is 93.6 Å². The number of carboxylic acid groups (broad SMARTS) is 1. The molecule has 4 aromatic rings. The smallest absolute Gasteiger partial charge is 0.321 e. The maximum Gasteiger partial charge on any atom is 0.321 e. The topological polar surface area (TPSA) is 284 Å². The lowest BCUT2D eigenvalue weighted by atomic mass is 9.77. The van der Waals surface area contributed by atoms with Crippen molar-refractivity contribution in [2.45, 2.75) is 41.6 Å². The summed E-state index contributed by atoms with van der Waals surface area (Å²) >= 11 is 0.847. The second-order valence-electron chi connectivity index (χ2n) is 11.7. The van der Waals surface area contributed by atoms with Crippen LogP contribution in [0.25, 0.3) is 0 Å². The third-order valence-electron chi connectivity index (χ3n) is 8.53. The van der Waals surface area contributed by atoms with Crippen LogP contribution in [0.2, 0.25) is 0 Å². The quantitative estimate of drug-likeness (QED) is 0.124. The number of fused-ring (bicyclic) bond motifs is 2. The number of nitrogens with two attached hydrogens (primary N) is 1. The van der Waals surface area contributed by atoms with E-state index in [9.17, 15) is 61.0 Å². The molecule has 3 unspecified atom stereocenters. The fraction of sp³-hybridized carbons (Fsp3) is 0.242. The van der Waals surface area contributed by atoms with Gasteiger partial charge in [-0.1, -0.05) is 12.1 Å². The first-order chi connectivity index (χ1) is 23.2. The van der Waals surface area contributed by atoms with Gasteiger partial charge in [0.2, 0.25) is 0 Å². The van der Waals surface area contributed by atoms with Gasteiger partial charge in [-0.2, -0.15) is 0 Å². The average molecular weight is 698 g/mol. The van der Waals surface area contributed by atoms with Gasteiger partial charge < -0.3 is 71.4 Å². The van der Waals surface area contributed by atoms with Gasteiger partial charge in [-0.05, 0) is 35.4 Å². The fourth-order valence-electron chi connectivity index (χ4n) is 6.19. The monoisotopic (exact) mass is 697 g/mol. The largest absolute Gasteiger partial charge is 0.508 e. The van der Waals surface area contributed by atoms with Gasteiger partial charge in [-0.3, -0.25) is 4.79 Å². The highest BCUT2D eigenvalue weighted by Gasteiger charge is 2.48. The lowest BCUT2D eigenvalue weighted by molar-refractivity contribution is -0.137.